The van der Waals surface area contributed by atoms with E-state index in [4.69, 9.17) is 0 Å². The minimum atomic E-state index is -1.12. The quantitative estimate of drug-likeness (QED) is 0.474. The first kappa shape index (κ1) is 14.5. The summed E-state index contributed by atoms with van der Waals surface area (Å²) in [5, 5.41) is 9.78. The molecule has 1 rings (SSSR count). The van der Waals surface area contributed by atoms with E-state index in [0.717, 1.165) is 19.3 Å². The van der Waals surface area contributed by atoms with Crippen LogP contribution in [0.25, 0.3) is 0 Å². The number of aliphatic hydroxyl groups excluding tert-OH is 1. The highest BCUT2D eigenvalue weighted by atomic mass is 16.3. The molecule has 0 aliphatic rings. The molecule has 0 amide bonds. The Morgan fingerprint density at radius 3 is 2.61 bits per heavy atom. The lowest BCUT2D eigenvalue weighted by molar-refractivity contribution is -0.121. The highest BCUT2D eigenvalue weighted by Gasteiger charge is 2.13. The third-order valence-electron chi connectivity index (χ3n) is 2.73. The SMILES string of the molecule is CCCCCCC#CC(=O)C(O)c1ccccc1. The van der Waals surface area contributed by atoms with Gasteiger partial charge >= 0.3 is 0 Å². The van der Waals surface area contributed by atoms with Crippen LogP contribution in [0.3, 0.4) is 0 Å². The maximum atomic E-state index is 11.6. The lowest BCUT2D eigenvalue weighted by atomic mass is 10.1. The molecule has 1 N–H and O–H groups in total. The zero-order valence-electron chi connectivity index (χ0n) is 10.9. The van der Waals surface area contributed by atoms with E-state index < -0.39 is 11.9 Å². The highest BCUT2D eigenvalue weighted by Crippen LogP contribution is 2.12. The third-order valence-corrected chi connectivity index (χ3v) is 2.73. The number of Topliss-reactive ketones (excluding diaryl/α,β-unsaturated/α-hetero) is 1. The zero-order chi connectivity index (χ0) is 13.2. The average molecular weight is 244 g/mol. The van der Waals surface area contributed by atoms with Gasteiger partial charge < -0.3 is 5.11 Å². The molecule has 0 saturated heterocycles. The van der Waals surface area contributed by atoms with Crippen LogP contribution in [0.5, 0.6) is 0 Å². The Morgan fingerprint density at radius 1 is 1.22 bits per heavy atom. The maximum absolute atomic E-state index is 11.6. The van der Waals surface area contributed by atoms with Gasteiger partial charge in [0.25, 0.3) is 0 Å². The summed E-state index contributed by atoms with van der Waals surface area (Å²) in [5.41, 5.74) is 0.600. The molecular weight excluding hydrogens is 224 g/mol. The molecule has 0 spiro atoms. The van der Waals surface area contributed by atoms with Crippen molar-refractivity contribution in [2.24, 2.45) is 0 Å². The number of hydrogen-bond acceptors (Lipinski definition) is 2. The van der Waals surface area contributed by atoms with Crippen molar-refractivity contribution in [2.75, 3.05) is 0 Å². The minimum Gasteiger partial charge on any atom is -0.379 e. The summed E-state index contributed by atoms with van der Waals surface area (Å²) < 4.78 is 0. The lowest BCUT2D eigenvalue weighted by Gasteiger charge is -2.04. The van der Waals surface area contributed by atoms with Gasteiger partial charge in [-0.05, 0) is 17.9 Å². The minimum absolute atomic E-state index is 0.420. The first-order valence-corrected chi connectivity index (χ1v) is 6.51. The van der Waals surface area contributed by atoms with E-state index in [1.807, 2.05) is 6.07 Å². The van der Waals surface area contributed by atoms with E-state index in [0.29, 0.717) is 5.56 Å². The summed E-state index contributed by atoms with van der Waals surface area (Å²) in [7, 11) is 0. The number of carbonyl (C=O) groups excluding carboxylic acids is 1. The van der Waals surface area contributed by atoms with Gasteiger partial charge in [-0.3, -0.25) is 4.79 Å². The van der Waals surface area contributed by atoms with Gasteiger partial charge in [0.15, 0.2) is 0 Å². The Morgan fingerprint density at radius 2 is 1.94 bits per heavy atom. The zero-order valence-corrected chi connectivity index (χ0v) is 10.9. The van der Waals surface area contributed by atoms with Crippen molar-refractivity contribution in [1.29, 1.82) is 0 Å². The number of rotatable bonds is 6. The summed E-state index contributed by atoms with van der Waals surface area (Å²) in [6.45, 7) is 2.16. The fourth-order valence-corrected chi connectivity index (χ4v) is 1.64. The number of aliphatic hydroxyl groups is 1. The van der Waals surface area contributed by atoms with Gasteiger partial charge in [-0.15, -0.1) is 0 Å². The molecule has 1 aromatic carbocycles. The second-order valence-corrected chi connectivity index (χ2v) is 4.29. The molecule has 0 aliphatic heterocycles. The molecular formula is C16H20O2. The van der Waals surface area contributed by atoms with E-state index in [1.165, 1.54) is 12.8 Å². The second-order valence-electron chi connectivity index (χ2n) is 4.29. The van der Waals surface area contributed by atoms with Gasteiger partial charge in [0.1, 0.15) is 6.10 Å². The molecule has 0 heterocycles. The van der Waals surface area contributed by atoms with Crippen LogP contribution in [0.1, 0.15) is 50.7 Å². The van der Waals surface area contributed by atoms with Crippen LogP contribution in [0.2, 0.25) is 0 Å². The molecule has 0 bridgehead atoms. The lowest BCUT2D eigenvalue weighted by Crippen LogP contribution is -2.09. The molecule has 96 valence electrons. The van der Waals surface area contributed by atoms with E-state index >= 15 is 0 Å². The molecule has 0 aliphatic carbocycles. The molecule has 0 saturated carbocycles. The number of ketones is 1. The van der Waals surface area contributed by atoms with Crippen molar-refractivity contribution >= 4 is 5.78 Å². The first-order valence-electron chi connectivity index (χ1n) is 6.51. The number of hydrogen-bond donors (Lipinski definition) is 1. The van der Waals surface area contributed by atoms with Gasteiger partial charge in [-0.1, -0.05) is 62.4 Å². The third kappa shape index (κ3) is 5.16. The maximum Gasteiger partial charge on any atom is 0.238 e. The fraction of sp³-hybridized carbons (Fsp3) is 0.438. The summed E-state index contributed by atoms with van der Waals surface area (Å²) in [6.07, 6.45) is 4.19. The van der Waals surface area contributed by atoms with Gasteiger partial charge in [0.05, 0.1) is 0 Å². The van der Waals surface area contributed by atoms with E-state index in [9.17, 15) is 9.90 Å². The van der Waals surface area contributed by atoms with Crippen LogP contribution in [0.4, 0.5) is 0 Å². The van der Waals surface area contributed by atoms with Crippen LogP contribution in [0.15, 0.2) is 30.3 Å². The Balaban J connectivity index is 2.39. The molecule has 0 aromatic heterocycles. The van der Waals surface area contributed by atoms with Crippen molar-refractivity contribution in [1.82, 2.24) is 0 Å². The first-order chi connectivity index (χ1) is 8.75. The normalized spacial score (nSPS) is 11.4. The summed E-state index contributed by atoms with van der Waals surface area (Å²) in [6, 6.07) is 8.89. The number of carbonyl (C=O) groups is 1. The van der Waals surface area contributed by atoms with Gasteiger partial charge in [0, 0.05) is 6.42 Å². The van der Waals surface area contributed by atoms with Crippen molar-refractivity contribution in [3.8, 4) is 11.8 Å². The molecule has 0 fully saturated rings. The Kier molecular flexibility index (Phi) is 6.83. The molecule has 2 heteroatoms. The monoisotopic (exact) mass is 244 g/mol. The summed E-state index contributed by atoms with van der Waals surface area (Å²) in [5.74, 6) is 4.93. The fourth-order valence-electron chi connectivity index (χ4n) is 1.64. The van der Waals surface area contributed by atoms with Gasteiger partial charge in [-0.25, -0.2) is 0 Å². The molecule has 1 unspecified atom stereocenters. The van der Waals surface area contributed by atoms with Crippen LogP contribution in [-0.4, -0.2) is 10.9 Å². The Hall–Kier alpha value is -1.59. The predicted octanol–water partition coefficient (Wildman–Crippen LogP) is 3.26. The van der Waals surface area contributed by atoms with Gasteiger partial charge in [0.2, 0.25) is 5.78 Å². The molecule has 1 atom stereocenters. The second kappa shape index (κ2) is 8.49. The molecule has 2 nitrogen and oxygen atoms in total. The van der Waals surface area contributed by atoms with E-state index in [1.54, 1.807) is 24.3 Å². The number of unbranched alkanes of at least 4 members (excludes halogenated alkanes) is 4. The van der Waals surface area contributed by atoms with Crippen molar-refractivity contribution in [2.45, 2.75) is 45.1 Å². The Bertz CT molecular complexity index is 412. The smallest absolute Gasteiger partial charge is 0.238 e. The average Bonchev–Trinajstić information content (AvgIpc) is 2.42. The van der Waals surface area contributed by atoms with Gasteiger partial charge in [-0.2, -0.15) is 0 Å². The largest absolute Gasteiger partial charge is 0.379 e. The topological polar surface area (TPSA) is 37.3 Å². The molecule has 1 aromatic rings. The predicted molar refractivity (Wildman–Crippen MR) is 72.9 cm³/mol. The number of benzene rings is 1. The van der Waals surface area contributed by atoms with Crippen LogP contribution < -0.4 is 0 Å². The standard InChI is InChI=1S/C16H20O2/c1-2-3-4-5-6-10-13-15(17)16(18)14-11-8-7-9-12-14/h7-9,11-12,16,18H,2-6H2,1H3. The summed E-state index contributed by atoms with van der Waals surface area (Å²) >= 11 is 0. The van der Waals surface area contributed by atoms with E-state index in [-0.39, 0.29) is 0 Å². The Labute approximate surface area is 109 Å². The van der Waals surface area contributed by atoms with E-state index in [2.05, 4.69) is 18.8 Å². The molecule has 18 heavy (non-hydrogen) atoms. The van der Waals surface area contributed by atoms with Crippen molar-refractivity contribution in [3.05, 3.63) is 35.9 Å². The highest BCUT2D eigenvalue weighted by molar-refractivity contribution is 5.99. The van der Waals surface area contributed by atoms with Crippen molar-refractivity contribution in [3.63, 3.8) is 0 Å². The van der Waals surface area contributed by atoms with Crippen LogP contribution in [-0.2, 0) is 4.79 Å². The summed E-state index contributed by atoms with van der Waals surface area (Å²) in [4.78, 5) is 11.6. The van der Waals surface area contributed by atoms with Crippen LogP contribution >= 0.6 is 0 Å². The molecule has 0 radical (unpaired) electrons. The van der Waals surface area contributed by atoms with Crippen LogP contribution in [0, 0.1) is 11.8 Å². The van der Waals surface area contributed by atoms with Crippen molar-refractivity contribution < 1.29 is 9.90 Å².